The summed E-state index contributed by atoms with van der Waals surface area (Å²) in [6.45, 7) is 6.51. The number of thiocarbonyl (C=S) groups is 1. The van der Waals surface area contributed by atoms with Crippen molar-refractivity contribution in [1.29, 1.82) is 0 Å². The molecule has 0 aromatic heterocycles. The molecule has 84 valence electrons. The van der Waals surface area contributed by atoms with Gasteiger partial charge in [-0.3, -0.25) is 5.43 Å². The van der Waals surface area contributed by atoms with E-state index in [2.05, 4.69) is 29.3 Å². The van der Waals surface area contributed by atoms with Crippen molar-refractivity contribution >= 4 is 23.0 Å². The van der Waals surface area contributed by atoms with Crippen LogP contribution in [0.4, 0.5) is 0 Å². The second-order valence-corrected chi connectivity index (χ2v) is 4.21. The van der Waals surface area contributed by atoms with Gasteiger partial charge in [-0.15, -0.1) is 6.58 Å². The topological polar surface area (TPSA) is 36.4 Å². The molecule has 0 heterocycles. The summed E-state index contributed by atoms with van der Waals surface area (Å²) in [4.78, 5) is 0. The fourth-order valence-corrected chi connectivity index (χ4v) is 1.82. The lowest BCUT2D eigenvalue weighted by Gasteiger charge is -2.05. The molecule has 1 atom stereocenters. The van der Waals surface area contributed by atoms with Crippen LogP contribution in [0.5, 0.6) is 0 Å². The van der Waals surface area contributed by atoms with Gasteiger partial charge in [-0.25, -0.2) is 0 Å². The normalized spacial score (nSPS) is 22.7. The predicted octanol–water partition coefficient (Wildman–Crippen LogP) is 2.20. The van der Waals surface area contributed by atoms with Crippen LogP contribution in [0.25, 0.3) is 0 Å². The van der Waals surface area contributed by atoms with Gasteiger partial charge >= 0.3 is 0 Å². The monoisotopic (exact) mass is 225 g/mol. The zero-order chi connectivity index (χ0) is 11.1. The molecule has 1 rings (SSSR count). The largest absolute Gasteiger partial charge is 0.358 e. The SMILES string of the molecule is C=CCNC(=S)N/N=C1\CCC(CC)C1. The van der Waals surface area contributed by atoms with E-state index in [0.717, 1.165) is 18.8 Å². The van der Waals surface area contributed by atoms with E-state index >= 15 is 0 Å². The van der Waals surface area contributed by atoms with Gasteiger partial charge in [0, 0.05) is 12.3 Å². The average molecular weight is 225 g/mol. The summed E-state index contributed by atoms with van der Waals surface area (Å²) in [5.41, 5.74) is 4.10. The molecular weight excluding hydrogens is 206 g/mol. The molecule has 0 aliphatic heterocycles. The third kappa shape index (κ3) is 4.42. The van der Waals surface area contributed by atoms with Crippen molar-refractivity contribution in [2.75, 3.05) is 6.54 Å². The van der Waals surface area contributed by atoms with Crippen molar-refractivity contribution in [3.05, 3.63) is 12.7 Å². The molecule has 0 saturated heterocycles. The summed E-state index contributed by atoms with van der Waals surface area (Å²) in [5.74, 6) is 0.820. The van der Waals surface area contributed by atoms with Crippen LogP contribution in [0.2, 0.25) is 0 Å². The highest BCUT2D eigenvalue weighted by Crippen LogP contribution is 2.25. The van der Waals surface area contributed by atoms with Gasteiger partial charge in [-0.05, 0) is 37.4 Å². The van der Waals surface area contributed by atoms with Crippen LogP contribution < -0.4 is 10.7 Å². The Hall–Kier alpha value is -0.900. The van der Waals surface area contributed by atoms with Crippen LogP contribution in [0.15, 0.2) is 17.8 Å². The number of hydrogen-bond donors (Lipinski definition) is 2. The Morgan fingerprint density at radius 2 is 2.53 bits per heavy atom. The minimum atomic E-state index is 0.572. The molecule has 0 spiro atoms. The molecule has 3 nitrogen and oxygen atoms in total. The molecule has 1 unspecified atom stereocenters. The Morgan fingerprint density at radius 1 is 1.73 bits per heavy atom. The maximum Gasteiger partial charge on any atom is 0.187 e. The summed E-state index contributed by atoms with van der Waals surface area (Å²) in [7, 11) is 0. The van der Waals surface area contributed by atoms with Crippen molar-refractivity contribution in [3.8, 4) is 0 Å². The first-order valence-electron chi connectivity index (χ1n) is 5.46. The van der Waals surface area contributed by atoms with E-state index in [4.69, 9.17) is 12.2 Å². The van der Waals surface area contributed by atoms with Gasteiger partial charge in [0.2, 0.25) is 0 Å². The van der Waals surface area contributed by atoms with Crippen molar-refractivity contribution in [2.24, 2.45) is 11.0 Å². The van der Waals surface area contributed by atoms with Crippen LogP contribution in [0.3, 0.4) is 0 Å². The van der Waals surface area contributed by atoms with Crippen LogP contribution in [0.1, 0.15) is 32.6 Å². The van der Waals surface area contributed by atoms with Gasteiger partial charge in [-0.2, -0.15) is 5.10 Å². The molecule has 0 bridgehead atoms. The standard InChI is InChI=1S/C11H19N3S/c1-3-7-12-11(15)14-13-10-6-5-9(4-2)8-10/h3,9H,1,4-8H2,2H3,(H2,12,14,15)/b13-10+. The van der Waals surface area contributed by atoms with E-state index in [9.17, 15) is 0 Å². The highest BCUT2D eigenvalue weighted by molar-refractivity contribution is 7.80. The third-order valence-corrected chi connectivity index (χ3v) is 2.90. The van der Waals surface area contributed by atoms with Gasteiger partial charge in [0.1, 0.15) is 0 Å². The lowest BCUT2D eigenvalue weighted by atomic mass is 10.1. The maximum absolute atomic E-state index is 5.03. The zero-order valence-corrected chi connectivity index (χ0v) is 10.1. The predicted molar refractivity (Wildman–Crippen MR) is 69.0 cm³/mol. The molecule has 0 amide bonds. The Labute approximate surface area is 97.0 Å². The van der Waals surface area contributed by atoms with Crippen molar-refractivity contribution in [2.45, 2.75) is 32.6 Å². The van der Waals surface area contributed by atoms with E-state index in [1.807, 2.05) is 0 Å². The molecule has 1 fully saturated rings. The molecule has 0 aromatic rings. The fraction of sp³-hybridized carbons (Fsp3) is 0.636. The summed E-state index contributed by atoms with van der Waals surface area (Å²) in [6.07, 6.45) is 6.51. The highest BCUT2D eigenvalue weighted by atomic mass is 32.1. The summed E-state index contributed by atoms with van der Waals surface area (Å²) in [6, 6.07) is 0. The first-order valence-corrected chi connectivity index (χ1v) is 5.87. The molecule has 2 N–H and O–H groups in total. The van der Waals surface area contributed by atoms with Crippen LogP contribution >= 0.6 is 12.2 Å². The van der Waals surface area contributed by atoms with Crippen molar-refractivity contribution in [1.82, 2.24) is 10.7 Å². The second kappa shape index (κ2) is 6.56. The summed E-state index contributed by atoms with van der Waals surface area (Å²) >= 11 is 5.03. The summed E-state index contributed by atoms with van der Waals surface area (Å²) in [5, 5.41) is 7.85. The molecule has 1 aliphatic carbocycles. The Morgan fingerprint density at radius 3 is 3.13 bits per heavy atom. The lowest BCUT2D eigenvalue weighted by molar-refractivity contribution is 0.540. The Balaban J connectivity index is 2.26. The highest BCUT2D eigenvalue weighted by Gasteiger charge is 2.18. The van der Waals surface area contributed by atoms with Crippen molar-refractivity contribution < 1.29 is 0 Å². The van der Waals surface area contributed by atoms with E-state index in [-0.39, 0.29) is 0 Å². The minimum Gasteiger partial charge on any atom is -0.358 e. The number of nitrogens with one attached hydrogen (secondary N) is 2. The van der Waals surface area contributed by atoms with Gasteiger partial charge in [-0.1, -0.05) is 19.4 Å². The van der Waals surface area contributed by atoms with Gasteiger partial charge in [0.15, 0.2) is 5.11 Å². The zero-order valence-electron chi connectivity index (χ0n) is 9.25. The lowest BCUT2D eigenvalue weighted by Crippen LogP contribution is -2.32. The number of rotatable bonds is 4. The second-order valence-electron chi connectivity index (χ2n) is 3.81. The maximum atomic E-state index is 5.03. The van der Waals surface area contributed by atoms with Gasteiger partial charge in [0.05, 0.1) is 0 Å². The van der Waals surface area contributed by atoms with E-state index in [1.165, 1.54) is 18.6 Å². The fourth-order valence-electron chi connectivity index (χ4n) is 1.69. The minimum absolute atomic E-state index is 0.572. The quantitative estimate of drug-likeness (QED) is 0.437. The first kappa shape index (κ1) is 12.2. The van der Waals surface area contributed by atoms with Crippen LogP contribution in [0, 0.1) is 5.92 Å². The molecule has 15 heavy (non-hydrogen) atoms. The molecule has 1 saturated carbocycles. The van der Waals surface area contributed by atoms with E-state index < -0.39 is 0 Å². The number of hydrogen-bond acceptors (Lipinski definition) is 2. The van der Waals surface area contributed by atoms with E-state index in [1.54, 1.807) is 6.08 Å². The average Bonchev–Trinajstić information content (AvgIpc) is 2.71. The molecule has 0 radical (unpaired) electrons. The van der Waals surface area contributed by atoms with E-state index in [0.29, 0.717) is 11.7 Å². The summed E-state index contributed by atoms with van der Waals surface area (Å²) < 4.78 is 0. The molecule has 1 aliphatic rings. The number of hydrazone groups is 1. The van der Waals surface area contributed by atoms with Crippen LogP contribution in [-0.4, -0.2) is 17.4 Å². The van der Waals surface area contributed by atoms with Crippen molar-refractivity contribution in [3.63, 3.8) is 0 Å². The van der Waals surface area contributed by atoms with Gasteiger partial charge < -0.3 is 5.32 Å². The Kier molecular flexibility index (Phi) is 5.32. The number of nitrogens with zero attached hydrogens (tertiary/aromatic N) is 1. The Bertz CT molecular complexity index is 261. The third-order valence-electron chi connectivity index (χ3n) is 2.67. The molecule has 4 heteroatoms. The smallest absolute Gasteiger partial charge is 0.187 e. The first-order chi connectivity index (χ1) is 7.26. The van der Waals surface area contributed by atoms with Crippen LogP contribution in [-0.2, 0) is 0 Å². The van der Waals surface area contributed by atoms with Gasteiger partial charge in [0.25, 0.3) is 0 Å². The molecule has 0 aromatic carbocycles. The molecular formula is C11H19N3S.